The first kappa shape index (κ1) is 51.3. The van der Waals surface area contributed by atoms with Crippen molar-refractivity contribution in [3.05, 3.63) is 176 Å². The van der Waals surface area contributed by atoms with Gasteiger partial charge in [0.2, 0.25) is 0 Å². The first-order chi connectivity index (χ1) is 33.7. The molecule has 0 aromatic heterocycles. The summed E-state index contributed by atoms with van der Waals surface area (Å²) in [5, 5.41) is 28.5. The summed E-state index contributed by atoms with van der Waals surface area (Å²) >= 11 is 18.6. The lowest BCUT2D eigenvalue weighted by Crippen LogP contribution is -2.43. The van der Waals surface area contributed by atoms with E-state index in [0.717, 1.165) is 58.2 Å². The van der Waals surface area contributed by atoms with E-state index >= 15 is 0 Å². The number of benzene rings is 6. The summed E-state index contributed by atoms with van der Waals surface area (Å²) in [4.78, 5) is 0. The van der Waals surface area contributed by atoms with E-state index in [9.17, 15) is 0 Å². The van der Waals surface area contributed by atoms with E-state index in [1.807, 2.05) is 42.5 Å². The number of methoxy groups -OCH3 is 3. The third-order valence-electron chi connectivity index (χ3n) is 14.8. The first-order valence-corrected chi connectivity index (χ1v) is 25.5. The van der Waals surface area contributed by atoms with Crippen LogP contribution in [0.3, 0.4) is 0 Å². The minimum Gasteiger partial charge on any atom is -0.497 e. The third kappa shape index (κ3) is 11.0. The van der Waals surface area contributed by atoms with Crippen molar-refractivity contribution in [2.75, 3.05) is 57.0 Å². The van der Waals surface area contributed by atoms with Crippen molar-refractivity contribution in [1.82, 2.24) is 10.6 Å². The predicted molar refractivity (Wildman–Crippen MR) is 290 cm³/mol. The van der Waals surface area contributed by atoms with Gasteiger partial charge in [0.1, 0.15) is 17.2 Å². The van der Waals surface area contributed by atoms with Crippen molar-refractivity contribution in [2.45, 2.75) is 92.9 Å². The summed E-state index contributed by atoms with van der Waals surface area (Å²) in [5.41, 5.74) is 11.8. The van der Waals surface area contributed by atoms with Crippen LogP contribution in [0.5, 0.6) is 17.2 Å². The normalized spacial score (nSPS) is 24.8. The molecule has 6 aliphatic rings. The van der Waals surface area contributed by atoms with Gasteiger partial charge in [-0.05, 0) is 170 Å². The van der Waals surface area contributed by atoms with E-state index < -0.39 is 0 Å². The topological polar surface area (TPSA) is 108 Å². The maximum Gasteiger partial charge on any atom is 0.118 e. The number of aliphatic hydroxyl groups is 1. The zero-order valence-corrected chi connectivity index (χ0v) is 42.6. The Morgan fingerprint density at radius 3 is 1.16 bits per heavy atom. The van der Waals surface area contributed by atoms with Gasteiger partial charge in [0.25, 0.3) is 0 Å². The molecule has 9 nitrogen and oxygen atoms in total. The number of rotatable bonds is 6. The summed E-state index contributed by atoms with van der Waals surface area (Å²) < 4.78 is 15.8. The standard InChI is InChI=1S/C19H20ClNO.2C18H19ClN2O.C2H6O.B/c1-22-14-8-5-12(6-9-14)15-3-2-4-16-17-11-13(20)7-10-18(17)21-19(15)16;2*1-22-13-5-2-11(3-6-13)17-18-14(8-9-20-17)15-10-12(19)4-7-16(15)21-18;1-2-3;/h5-11,15-16,19,21H,2-4H2,1H3;2*2-7,10,14,17-18,20-21H,8-9H2,1H3;3H,2H2,1H3;/t15-,16?,19?;14?,17-,18?;;;/m00.../s1. The zero-order valence-electron chi connectivity index (χ0n) is 40.4. The van der Waals surface area contributed by atoms with Crippen LogP contribution in [0.1, 0.15) is 108 Å². The molecule has 7 unspecified atom stereocenters. The highest BCUT2D eigenvalue weighted by atomic mass is 35.5. The molecule has 0 bridgehead atoms. The molecule has 2 saturated heterocycles. The van der Waals surface area contributed by atoms with E-state index in [1.54, 1.807) is 28.3 Å². The van der Waals surface area contributed by atoms with Crippen LogP contribution in [-0.4, -0.2) is 72.7 Å². The summed E-state index contributed by atoms with van der Waals surface area (Å²) in [6.45, 7) is 3.97. The first-order valence-electron chi connectivity index (χ1n) is 24.4. The van der Waals surface area contributed by atoms with E-state index in [-0.39, 0.29) is 15.0 Å². The lowest BCUT2D eigenvalue weighted by molar-refractivity contribution is 0.318. The van der Waals surface area contributed by atoms with E-state index in [4.69, 9.17) is 54.1 Å². The molecule has 0 amide bonds. The summed E-state index contributed by atoms with van der Waals surface area (Å²) in [5.74, 6) is 4.87. The highest BCUT2D eigenvalue weighted by Crippen LogP contribution is 2.51. The molecule has 1 aliphatic carbocycles. The number of aliphatic hydroxyl groups excluding tert-OH is 1. The van der Waals surface area contributed by atoms with Crippen LogP contribution in [0.15, 0.2) is 127 Å². The fraction of sp³-hybridized carbons (Fsp3) is 0.368. The van der Waals surface area contributed by atoms with Gasteiger partial charge in [-0.25, -0.2) is 0 Å². The average Bonchev–Trinajstić information content (AvgIpc) is 4.08. The van der Waals surface area contributed by atoms with Crippen molar-refractivity contribution in [2.24, 2.45) is 0 Å². The Labute approximate surface area is 430 Å². The van der Waals surface area contributed by atoms with Gasteiger partial charge in [0.05, 0.1) is 45.5 Å². The Hall–Kier alpha value is -5.07. The molecule has 12 rings (SSSR count). The maximum atomic E-state index is 7.57. The molecule has 9 atom stereocenters. The van der Waals surface area contributed by atoms with Crippen molar-refractivity contribution in [3.63, 3.8) is 0 Å². The minimum atomic E-state index is 0. The Bertz CT molecular complexity index is 2370. The maximum absolute atomic E-state index is 7.57. The monoisotopic (exact) mass is 998 g/mol. The molecule has 3 radical (unpaired) electrons. The van der Waals surface area contributed by atoms with Crippen LogP contribution < -0.4 is 40.8 Å². The number of piperidine rings is 2. The number of hydrogen-bond acceptors (Lipinski definition) is 9. The van der Waals surface area contributed by atoms with Gasteiger partial charge in [0.15, 0.2) is 0 Å². The minimum absolute atomic E-state index is 0. The van der Waals surface area contributed by atoms with E-state index in [2.05, 4.69) is 112 Å². The second-order valence-electron chi connectivity index (χ2n) is 18.6. The summed E-state index contributed by atoms with van der Waals surface area (Å²) in [7, 11) is 5.11. The van der Waals surface area contributed by atoms with Gasteiger partial charge in [-0.1, -0.05) is 77.6 Å². The molecule has 6 N–H and O–H groups in total. The van der Waals surface area contributed by atoms with Crippen molar-refractivity contribution < 1.29 is 19.3 Å². The van der Waals surface area contributed by atoms with Gasteiger partial charge >= 0.3 is 0 Å². The number of halogens is 3. The Morgan fingerprint density at radius 1 is 0.457 bits per heavy atom. The quantitative estimate of drug-likeness (QED) is 0.0910. The smallest absolute Gasteiger partial charge is 0.118 e. The highest BCUT2D eigenvalue weighted by molar-refractivity contribution is 6.31. The van der Waals surface area contributed by atoms with Gasteiger partial charge in [-0.2, -0.15) is 0 Å². The van der Waals surface area contributed by atoms with Gasteiger partial charge < -0.3 is 45.9 Å². The average molecular weight is 1000 g/mol. The molecule has 3 fully saturated rings. The third-order valence-corrected chi connectivity index (χ3v) is 15.5. The second-order valence-corrected chi connectivity index (χ2v) is 19.9. The number of nitrogens with one attached hydrogen (secondary N) is 5. The van der Waals surface area contributed by atoms with Crippen molar-refractivity contribution in [1.29, 1.82) is 0 Å². The Balaban J connectivity index is 0.000000136. The lowest BCUT2D eigenvalue weighted by Gasteiger charge is -2.35. The molecule has 13 heteroatoms. The fourth-order valence-electron chi connectivity index (χ4n) is 11.6. The highest BCUT2D eigenvalue weighted by Gasteiger charge is 2.43. The number of hydrogen-bond donors (Lipinski definition) is 6. The van der Waals surface area contributed by atoms with Crippen molar-refractivity contribution >= 4 is 60.3 Å². The van der Waals surface area contributed by atoms with Gasteiger partial charge in [-0.15, -0.1) is 0 Å². The molecule has 1 saturated carbocycles. The molecule has 70 heavy (non-hydrogen) atoms. The summed E-state index contributed by atoms with van der Waals surface area (Å²) in [6, 6.07) is 45.7. The molecule has 0 spiro atoms. The number of anilines is 3. The lowest BCUT2D eigenvalue weighted by atomic mass is 9.73. The van der Waals surface area contributed by atoms with Crippen LogP contribution in [0, 0.1) is 0 Å². The van der Waals surface area contributed by atoms with Crippen LogP contribution in [0.4, 0.5) is 17.1 Å². The van der Waals surface area contributed by atoms with E-state index in [0.29, 0.717) is 53.9 Å². The van der Waals surface area contributed by atoms with Crippen molar-refractivity contribution in [3.8, 4) is 17.2 Å². The predicted octanol–water partition coefficient (Wildman–Crippen LogP) is 12.7. The Morgan fingerprint density at radius 2 is 0.786 bits per heavy atom. The molecule has 365 valence electrons. The van der Waals surface area contributed by atoms with Crippen LogP contribution in [-0.2, 0) is 0 Å². The van der Waals surface area contributed by atoms with Gasteiger partial charge in [-0.3, -0.25) is 0 Å². The molecular weight excluding hydrogens is 936 g/mol. The fourth-order valence-corrected chi connectivity index (χ4v) is 12.2. The second kappa shape index (κ2) is 23.4. The molecule has 5 heterocycles. The van der Waals surface area contributed by atoms with Crippen LogP contribution in [0.2, 0.25) is 15.1 Å². The van der Waals surface area contributed by atoms with Gasteiger partial charge in [0, 0.05) is 76.9 Å². The molecule has 6 aromatic carbocycles. The Kier molecular flexibility index (Phi) is 17.2. The van der Waals surface area contributed by atoms with E-state index in [1.165, 1.54) is 69.7 Å². The van der Waals surface area contributed by atoms with Crippen LogP contribution >= 0.6 is 34.8 Å². The zero-order chi connectivity index (χ0) is 48.0. The molecular formula is C57H64BCl3N5O4. The SMILES string of the molecule is CCO.COc1ccc(C2NCCC3c4cc(Cl)ccc4NC32)cc1.COc1ccc([C@@H]2CCCC3c4cc(Cl)ccc4NC32)cc1.COc1ccc([C@@H]2NCCC3c4cc(Cl)ccc4NC32)cc1.[B]. The number of fused-ring (bicyclic) bond motifs is 9. The van der Waals surface area contributed by atoms with Crippen LogP contribution in [0.25, 0.3) is 0 Å². The summed E-state index contributed by atoms with van der Waals surface area (Å²) in [6.07, 6.45) is 6.03. The molecule has 5 aliphatic heterocycles. The largest absolute Gasteiger partial charge is 0.497 e. The molecule has 6 aromatic rings. The number of ether oxygens (including phenoxy) is 3.